The number of carbonyl (C=O) groups excluding carboxylic acids is 1. The van der Waals surface area contributed by atoms with Crippen LogP contribution in [0.4, 0.5) is 5.69 Å². The number of methoxy groups -OCH3 is 2. The first-order valence-electron chi connectivity index (χ1n) is 14.6. The van der Waals surface area contributed by atoms with Crippen LogP contribution < -0.4 is 34.4 Å². The van der Waals surface area contributed by atoms with Crippen LogP contribution in [0.25, 0.3) is 6.08 Å². The van der Waals surface area contributed by atoms with Gasteiger partial charge in [-0.3, -0.25) is 14.2 Å². The predicted octanol–water partition coefficient (Wildman–Crippen LogP) is 7.54. The molecule has 12 heteroatoms. The van der Waals surface area contributed by atoms with E-state index in [2.05, 4.69) is 21.2 Å². The molecule has 1 aliphatic rings. The molecule has 0 saturated heterocycles. The van der Waals surface area contributed by atoms with E-state index in [0.717, 1.165) is 5.56 Å². The molecular formula is C36H28BrCl2N3O5S. The van der Waals surface area contributed by atoms with E-state index in [1.165, 1.54) is 11.3 Å². The van der Waals surface area contributed by atoms with Crippen molar-refractivity contribution in [3.63, 3.8) is 0 Å². The van der Waals surface area contributed by atoms with Crippen LogP contribution in [0.3, 0.4) is 0 Å². The molecular weight excluding hydrogens is 737 g/mol. The number of halogens is 3. The molecule has 6 rings (SSSR count). The van der Waals surface area contributed by atoms with Crippen LogP contribution in [0.5, 0.6) is 17.2 Å². The number of hydrogen-bond donors (Lipinski definition) is 1. The number of nitrogens with zero attached hydrogens (tertiary/aromatic N) is 2. The number of rotatable bonds is 9. The summed E-state index contributed by atoms with van der Waals surface area (Å²) >= 11 is 17.2. The third-order valence-corrected chi connectivity index (χ3v) is 9.80. The molecule has 0 fully saturated rings. The second-order valence-corrected chi connectivity index (χ2v) is 13.4. The Morgan fingerprint density at radius 1 is 1.02 bits per heavy atom. The zero-order valence-electron chi connectivity index (χ0n) is 25.9. The van der Waals surface area contributed by atoms with Crippen LogP contribution in [-0.2, 0) is 11.4 Å². The van der Waals surface area contributed by atoms with E-state index >= 15 is 0 Å². The van der Waals surface area contributed by atoms with E-state index in [4.69, 9.17) is 42.4 Å². The quantitative estimate of drug-likeness (QED) is 0.168. The number of carbonyl (C=O) groups is 1. The molecule has 0 aliphatic carbocycles. The molecule has 0 spiro atoms. The minimum atomic E-state index is -0.751. The molecule has 244 valence electrons. The number of nitrogens with one attached hydrogen (secondary N) is 1. The van der Waals surface area contributed by atoms with Crippen molar-refractivity contribution in [2.24, 2.45) is 4.99 Å². The van der Waals surface area contributed by atoms with Crippen molar-refractivity contribution in [2.45, 2.75) is 19.6 Å². The van der Waals surface area contributed by atoms with Gasteiger partial charge in [0.15, 0.2) is 16.3 Å². The van der Waals surface area contributed by atoms with Gasteiger partial charge in [-0.15, -0.1) is 0 Å². The number of ether oxygens (including phenoxy) is 3. The Morgan fingerprint density at radius 3 is 2.54 bits per heavy atom. The molecule has 48 heavy (non-hydrogen) atoms. The number of benzene rings is 4. The molecule has 4 aromatic carbocycles. The zero-order chi connectivity index (χ0) is 33.9. The maximum Gasteiger partial charge on any atom is 0.271 e. The number of amides is 1. The lowest BCUT2D eigenvalue weighted by Gasteiger charge is -2.25. The molecule has 0 bridgehead atoms. The lowest BCUT2D eigenvalue weighted by molar-refractivity contribution is -0.113. The highest BCUT2D eigenvalue weighted by Crippen LogP contribution is 2.38. The minimum absolute atomic E-state index is 0.187. The van der Waals surface area contributed by atoms with Gasteiger partial charge >= 0.3 is 0 Å². The van der Waals surface area contributed by atoms with Crippen LogP contribution in [0.1, 0.15) is 29.7 Å². The number of allylic oxidation sites excluding steroid dienone is 1. The highest BCUT2D eigenvalue weighted by Gasteiger charge is 2.33. The number of para-hydroxylation sites is 1. The first kappa shape index (κ1) is 33.5. The lowest BCUT2D eigenvalue weighted by Crippen LogP contribution is -2.40. The van der Waals surface area contributed by atoms with E-state index in [0.29, 0.717) is 69.2 Å². The molecule has 1 aromatic heterocycles. The predicted molar refractivity (Wildman–Crippen MR) is 193 cm³/mol. The average Bonchev–Trinajstić information content (AvgIpc) is 3.37. The largest absolute Gasteiger partial charge is 0.497 e. The van der Waals surface area contributed by atoms with Crippen molar-refractivity contribution in [1.82, 2.24) is 4.57 Å². The van der Waals surface area contributed by atoms with E-state index in [1.54, 1.807) is 68.2 Å². The number of anilines is 1. The Morgan fingerprint density at radius 2 is 1.81 bits per heavy atom. The van der Waals surface area contributed by atoms with Crippen molar-refractivity contribution >= 4 is 68.1 Å². The molecule has 1 atom stereocenters. The highest BCUT2D eigenvalue weighted by atomic mass is 79.9. The Bertz CT molecular complexity index is 2250. The summed E-state index contributed by atoms with van der Waals surface area (Å²) in [5.74, 6) is 1.18. The fourth-order valence-corrected chi connectivity index (χ4v) is 7.45. The summed E-state index contributed by atoms with van der Waals surface area (Å²) in [4.78, 5) is 33.3. The van der Waals surface area contributed by atoms with Crippen molar-refractivity contribution in [3.05, 3.63) is 147 Å². The second kappa shape index (κ2) is 14.4. The Balaban J connectivity index is 1.41. The Labute approximate surface area is 298 Å². The minimum Gasteiger partial charge on any atom is -0.497 e. The van der Waals surface area contributed by atoms with E-state index in [9.17, 15) is 9.59 Å². The molecule has 1 amide bonds. The first-order chi connectivity index (χ1) is 23.2. The molecule has 1 N–H and O–H groups in total. The molecule has 0 saturated carbocycles. The summed E-state index contributed by atoms with van der Waals surface area (Å²) in [6, 6.07) is 24.6. The average molecular weight is 766 g/mol. The van der Waals surface area contributed by atoms with Gasteiger partial charge in [0.25, 0.3) is 11.5 Å². The normalized spacial score (nSPS) is 14.3. The van der Waals surface area contributed by atoms with E-state index in [-0.39, 0.29) is 18.1 Å². The second-order valence-electron chi connectivity index (χ2n) is 10.7. The van der Waals surface area contributed by atoms with Crippen molar-refractivity contribution in [2.75, 3.05) is 19.5 Å². The maximum absolute atomic E-state index is 14.2. The van der Waals surface area contributed by atoms with Crippen LogP contribution in [-0.4, -0.2) is 24.7 Å². The van der Waals surface area contributed by atoms with Gasteiger partial charge in [0, 0.05) is 21.3 Å². The summed E-state index contributed by atoms with van der Waals surface area (Å²) in [6.07, 6.45) is 1.77. The van der Waals surface area contributed by atoms with Crippen LogP contribution in [0, 0.1) is 0 Å². The van der Waals surface area contributed by atoms with Crippen molar-refractivity contribution in [3.8, 4) is 17.2 Å². The van der Waals surface area contributed by atoms with Crippen molar-refractivity contribution in [1.29, 1.82) is 0 Å². The first-order valence-corrected chi connectivity index (χ1v) is 17.0. The molecule has 5 aromatic rings. The topological polar surface area (TPSA) is 91.2 Å². The Kier molecular flexibility index (Phi) is 10.1. The fraction of sp³-hybridized carbons (Fsp3) is 0.139. The summed E-state index contributed by atoms with van der Waals surface area (Å²) in [6.45, 7) is 1.97. The fourth-order valence-electron chi connectivity index (χ4n) is 5.36. The molecule has 1 aliphatic heterocycles. The number of aromatic nitrogens is 1. The van der Waals surface area contributed by atoms with E-state index < -0.39 is 6.04 Å². The zero-order valence-corrected chi connectivity index (χ0v) is 29.8. The van der Waals surface area contributed by atoms with Crippen LogP contribution >= 0.6 is 50.5 Å². The number of fused-ring (bicyclic) bond motifs is 1. The smallest absolute Gasteiger partial charge is 0.271 e. The van der Waals surface area contributed by atoms with Gasteiger partial charge in [0.1, 0.15) is 12.4 Å². The van der Waals surface area contributed by atoms with Gasteiger partial charge in [0.05, 0.1) is 40.5 Å². The van der Waals surface area contributed by atoms with Crippen LogP contribution in [0.2, 0.25) is 10.0 Å². The van der Waals surface area contributed by atoms with Crippen molar-refractivity contribution < 1.29 is 19.0 Å². The summed E-state index contributed by atoms with van der Waals surface area (Å²) < 4.78 is 19.9. The van der Waals surface area contributed by atoms with Gasteiger partial charge in [-0.1, -0.05) is 70.9 Å². The molecule has 0 unspecified atom stereocenters. The maximum atomic E-state index is 14.2. The number of thiazole rings is 1. The standard InChI is InChI=1S/C36H28BrCl2N3O5S/c1-20-31(34(43)41-25-9-5-4-6-10-25)32(22-8-7-11-26(17-22)45-2)42-35(44)30(48-36(42)40-20)16-21-14-27(37)33(29(15-21)46-3)47-19-23-12-13-24(38)18-28(23)39/h4-18,32H,19H2,1-3H3,(H,41,43)/b30-16-/t32-/m0/s1. The summed E-state index contributed by atoms with van der Waals surface area (Å²) in [7, 11) is 3.12. The van der Waals surface area contributed by atoms with Gasteiger partial charge in [-0.05, 0) is 88.6 Å². The van der Waals surface area contributed by atoms with Gasteiger partial charge in [0.2, 0.25) is 0 Å². The lowest BCUT2D eigenvalue weighted by atomic mass is 9.95. The third kappa shape index (κ3) is 6.93. The SMILES string of the molecule is COc1cccc([C@H]2C(C(=O)Nc3ccccc3)=C(C)N=c3s/c(=C\c4cc(Br)c(OCc5ccc(Cl)cc5Cl)c(OC)c4)c(=O)n32)c1. The summed E-state index contributed by atoms with van der Waals surface area (Å²) in [5, 5.41) is 3.99. The van der Waals surface area contributed by atoms with Gasteiger partial charge < -0.3 is 19.5 Å². The summed E-state index contributed by atoms with van der Waals surface area (Å²) in [5.41, 5.74) is 3.37. The molecule has 0 radical (unpaired) electrons. The molecule has 2 heterocycles. The van der Waals surface area contributed by atoms with Gasteiger partial charge in [-0.25, -0.2) is 4.99 Å². The highest BCUT2D eigenvalue weighted by molar-refractivity contribution is 9.10. The van der Waals surface area contributed by atoms with Gasteiger partial charge in [-0.2, -0.15) is 0 Å². The monoisotopic (exact) mass is 763 g/mol. The van der Waals surface area contributed by atoms with E-state index in [1.807, 2.05) is 48.5 Å². The third-order valence-electron chi connectivity index (χ3n) is 7.64. The Hall–Kier alpha value is -4.35. The van der Waals surface area contributed by atoms with Crippen LogP contribution in [0.15, 0.2) is 110 Å². The molecule has 8 nitrogen and oxygen atoms in total. The number of hydrogen-bond acceptors (Lipinski definition) is 7.